The van der Waals surface area contributed by atoms with Gasteiger partial charge in [-0.2, -0.15) is 0 Å². The minimum atomic E-state index is -0.214. The first-order valence-electron chi connectivity index (χ1n) is 6.06. The summed E-state index contributed by atoms with van der Waals surface area (Å²) in [5.74, 6) is -0.214. The molecule has 19 heavy (non-hydrogen) atoms. The van der Waals surface area contributed by atoms with Crippen LogP contribution in [0.1, 0.15) is 11.8 Å². The summed E-state index contributed by atoms with van der Waals surface area (Å²) >= 11 is 3.26. The first-order valence-corrected chi connectivity index (χ1v) is 7.75. The summed E-state index contributed by atoms with van der Waals surface area (Å²) in [5, 5.41) is 6.32. The maximum atomic E-state index is 13.1. The number of nitrogens with one attached hydrogen (secondary N) is 1. The minimum Gasteiger partial charge on any atom is -0.359 e. The molecular weight excluding hydrogens is 279 g/mol. The van der Waals surface area contributed by atoms with Gasteiger partial charge in [-0.05, 0) is 36.6 Å². The van der Waals surface area contributed by atoms with E-state index >= 15 is 0 Å². The molecule has 0 saturated heterocycles. The van der Waals surface area contributed by atoms with E-state index in [1.807, 2.05) is 0 Å². The van der Waals surface area contributed by atoms with Crippen LogP contribution >= 0.6 is 22.7 Å². The van der Waals surface area contributed by atoms with Gasteiger partial charge in [-0.25, -0.2) is 9.37 Å². The molecular formula is C14H13FN2S2. The highest BCUT2D eigenvalue weighted by molar-refractivity contribution is 7.22. The monoisotopic (exact) mass is 292 g/mol. The number of aromatic nitrogens is 1. The molecule has 0 aliphatic carbocycles. The zero-order valence-electron chi connectivity index (χ0n) is 10.4. The van der Waals surface area contributed by atoms with Crippen molar-refractivity contribution in [3.05, 3.63) is 46.4 Å². The van der Waals surface area contributed by atoms with Crippen LogP contribution in [0.25, 0.3) is 10.2 Å². The molecule has 0 radical (unpaired) electrons. The van der Waals surface area contributed by atoms with Gasteiger partial charge >= 0.3 is 0 Å². The van der Waals surface area contributed by atoms with E-state index in [0.717, 1.165) is 21.8 Å². The van der Waals surface area contributed by atoms with Gasteiger partial charge in [0.1, 0.15) is 5.82 Å². The lowest BCUT2D eigenvalue weighted by Gasteiger charge is -2.11. The number of anilines is 1. The molecule has 2 nitrogen and oxygen atoms in total. The van der Waals surface area contributed by atoms with Crippen molar-refractivity contribution in [2.45, 2.75) is 19.4 Å². The second kappa shape index (κ2) is 5.27. The predicted molar refractivity (Wildman–Crippen MR) is 80.7 cm³/mol. The van der Waals surface area contributed by atoms with Crippen LogP contribution in [-0.2, 0) is 6.42 Å². The Morgan fingerprint density at radius 1 is 1.37 bits per heavy atom. The fraction of sp³-hybridized carbons (Fsp3) is 0.214. The van der Waals surface area contributed by atoms with Gasteiger partial charge in [0.05, 0.1) is 10.2 Å². The average molecular weight is 292 g/mol. The van der Waals surface area contributed by atoms with Gasteiger partial charge in [0.15, 0.2) is 5.13 Å². The Balaban J connectivity index is 1.74. The molecule has 3 rings (SSSR count). The molecule has 2 heterocycles. The molecule has 1 N–H and O–H groups in total. The number of thiophene rings is 1. The van der Waals surface area contributed by atoms with Crippen LogP contribution < -0.4 is 5.32 Å². The zero-order valence-corrected chi connectivity index (χ0v) is 12.0. The van der Waals surface area contributed by atoms with Crippen molar-refractivity contribution in [2.24, 2.45) is 0 Å². The molecule has 0 amide bonds. The van der Waals surface area contributed by atoms with Gasteiger partial charge in [0.2, 0.25) is 0 Å². The Labute approximate surface area is 118 Å². The molecule has 0 spiro atoms. The largest absolute Gasteiger partial charge is 0.359 e. The van der Waals surface area contributed by atoms with Gasteiger partial charge in [0, 0.05) is 17.3 Å². The third kappa shape index (κ3) is 2.93. The standard InChI is InChI=1S/C14H13FN2S2/c1-9(7-11-3-2-6-18-11)16-14-17-12-5-4-10(15)8-13(12)19-14/h2-6,8-9H,7H2,1H3,(H,16,17). The smallest absolute Gasteiger partial charge is 0.184 e. The van der Waals surface area contributed by atoms with Crippen LogP contribution in [0.3, 0.4) is 0 Å². The maximum absolute atomic E-state index is 13.1. The van der Waals surface area contributed by atoms with E-state index in [1.54, 1.807) is 17.4 Å². The molecule has 0 aliphatic rings. The molecule has 5 heteroatoms. The summed E-state index contributed by atoms with van der Waals surface area (Å²) in [4.78, 5) is 5.82. The second-order valence-electron chi connectivity index (χ2n) is 4.46. The van der Waals surface area contributed by atoms with E-state index < -0.39 is 0 Å². The van der Waals surface area contributed by atoms with Gasteiger partial charge in [-0.3, -0.25) is 0 Å². The van der Waals surface area contributed by atoms with Crippen LogP contribution in [-0.4, -0.2) is 11.0 Å². The van der Waals surface area contributed by atoms with E-state index in [2.05, 4.69) is 34.7 Å². The van der Waals surface area contributed by atoms with Crippen molar-refractivity contribution in [3.63, 3.8) is 0 Å². The molecule has 1 aromatic carbocycles. The van der Waals surface area contributed by atoms with Gasteiger partial charge in [-0.1, -0.05) is 17.4 Å². The predicted octanol–water partition coefficient (Wildman–Crippen LogP) is 4.54. The molecule has 0 aliphatic heterocycles. The number of halogens is 1. The number of nitrogens with zero attached hydrogens (tertiary/aromatic N) is 1. The fourth-order valence-corrected chi connectivity index (χ4v) is 3.79. The van der Waals surface area contributed by atoms with Crippen molar-refractivity contribution in [2.75, 3.05) is 5.32 Å². The topological polar surface area (TPSA) is 24.9 Å². The SMILES string of the molecule is CC(Cc1cccs1)Nc1nc2ccc(F)cc2s1. The number of rotatable bonds is 4. The van der Waals surface area contributed by atoms with E-state index in [1.165, 1.54) is 28.3 Å². The Morgan fingerprint density at radius 3 is 3.05 bits per heavy atom. The summed E-state index contributed by atoms with van der Waals surface area (Å²) in [7, 11) is 0. The number of fused-ring (bicyclic) bond motifs is 1. The van der Waals surface area contributed by atoms with E-state index in [4.69, 9.17) is 0 Å². The highest BCUT2D eigenvalue weighted by Crippen LogP contribution is 2.27. The third-order valence-electron chi connectivity index (χ3n) is 2.81. The lowest BCUT2D eigenvalue weighted by molar-refractivity contribution is 0.630. The number of hydrogen-bond donors (Lipinski definition) is 1. The second-order valence-corrected chi connectivity index (χ2v) is 6.52. The lowest BCUT2D eigenvalue weighted by atomic mass is 10.2. The molecule has 0 bridgehead atoms. The van der Waals surface area contributed by atoms with Crippen molar-refractivity contribution in [3.8, 4) is 0 Å². The Kier molecular flexibility index (Phi) is 3.48. The van der Waals surface area contributed by atoms with Crippen molar-refractivity contribution < 1.29 is 4.39 Å². The first kappa shape index (κ1) is 12.6. The van der Waals surface area contributed by atoms with E-state index in [0.29, 0.717) is 6.04 Å². The highest BCUT2D eigenvalue weighted by atomic mass is 32.1. The summed E-state index contributed by atoms with van der Waals surface area (Å²) in [6.45, 7) is 2.13. The molecule has 3 aromatic rings. The first-order chi connectivity index (χ1) is 9.20. The molecule has 1 unspecified atom stereocenters. The van der Waals surface area contributed by atoms with Gasteiger partial charge in [0.25, 0.3) is 0 Å². The fourth-order valence-electron chi connectivity index (χ4n) is 1.95. The third-order valence-corrected chi connectivity index (χ3v) is 4.66. The normalized spacial score (nSPS) is 12.7. The van der Waals surface area contributed by atoms with Crippen LogP contribution in [0.5, 0.6) is 0 Å². The lowest BCUT2D eigenvalue weighted by Crippen LogP contribution is -2.17. The number of benzene rings is 1. The summed E-state index contributed by atoms with van der Waals surface area (Å²) in [6, 6.07) is 9.20. The number of hydrogen-bond acceptors (Lipinski definition) is 4. The van der Waals surface area contributed by atoms with E-state index in [9.17, 15) is 4.39 Å². The Hall–Kier alpha value is -1.46. The Morgan fingerprint density at radius 2 is 2.26 bits per heavy atom. The zero-order chi connectivity index (χ0) is 13.2. The molecule has 2 aromatic heterocycles. The van der Waals surface area contributed by atoms with Crippen molar-refractivity contribution >= 4 is 38.0 Å². The van der Waals surface area contributed by atoms with Crippen LogP contribution in [0.2, 0.25) is 0 Å². The molecule has 0 fully saturated rings. The molecule has 0 saturated carbocycles. The maximum Gasteiger partial charge on any atom is 0.184 e. The quantitative estimate of drug-likeness (QED) is 0.763. The average Bonchev–Trinajstić information content (AvgIpc) is 2.97. The van der Waals surface area contributed by atoms with Crippen LogP contribution in [0.15, 0.2) is 35.7 Å². The summed E-state index contributed by atoms with van der Waals surface area (Å²) in [6.07, 6.45) is 0.974. The van der Waals surface area contributed by atoms with Gasteiger partial charge < -0.3 is 5.32 Å². The Bertz CT molecular complexity index is 676. The van der Waals surface area contributed by atoms with Crippen molar-refractivity contribution in [1.82, 2.24) is 4.98 Å². The summed E-state index contributed by atoms with van der Waals surface area (Å²) < 4.78 is 14.0. The summed E-state index contributed by atoms with van der Waals surface area (Å²) in [5.41, 5.74) is 0.845. The van der Waals surface area contributed by atoms with Gasteiger partial charge in [-0.15, -0.1) is 11.3 Å². The van der Waals surface area contributed by atoms with Crippen LogP contribution in [0, 0.1) is 5.82 Å². The molecule has 1 atom stereocenters. The van der Waals surface area contributed by atoms with E-state index in [-0.39, 0.29) is 5.82 Å². The highest BCUT2D eigenvalue weighted by Gasteiger charge is 2.09. The molecule has 98 valence electrons. The minimum absolute atomic E-state index is 0.214. The van der Waals surface area contributed by atoms with Crippen LogP contribution in [0.4, 0.5) is 9.52 Å². The number of thiazole rings is 1. The van der Waals surface area contributed by atoms with Crippen molar-refractivity contribution in [1.29, 1.82) is 0 Å².